The zero-order valence-electron chi connectivity index (χ0n) is 17.6. The highest BCUT2D eigenvalue weighted by Gasteiger charge is 2.25. The molecule has 0 radical (unpaired) electrons. The summed E-state index contributed by atoms with van der Waals surface area (Å²) in [7, 11) is -1.59. The van der Waals surface area contributed by atoms with Crippen LogP contribution in [0, 0.1) is 0 Å². The molecule has 1 fully saturated rings. The smallest absolute Gasteiger partial charge is 0.348 e. The molecule has 1 aliphatic rings. The molecule has 3 aromatic rings. The Kier molecular flexibility index (Phi) is 5.97. The average Bonchev–Trinajstić information content (AvgIpc) is 3.15. The maximum absolute atomic E-state index is 12.5. The topological polar surface area (TPSA) is 97.3 Å². The SMILES string of the molecule is COc1ccc(-n2nc(C3CCCN(Cc4ccc(S(C)(=O)=O)cc4)C3)[nH]c2=O)cc1. The maximum Gasteiger partial charge on any atom is 0.348 e. The van der Waals surface area contributed by atoms with Crippen molar-refractivity contribution in [3.05, 3.63) is 70.4 Å². The van der Waals surface area contributed by atoms with Crippen LogP contribution in [0.25, 0.3) is 5.69 Å². The number of hydrogen-bond acceptors (Lipinski definition) is 6. The first kappa shape index (κ1) is 21.3. The first-order valence-corrected chi connectivity index (χ1v) is 12.1. The molecule has 8 nitrogen and oxygen atoms in total. The lowest BCUT2D eigenvalue weighted by Gasteiger charge is -2.31. The highest BCUT2D eigenvalue weighted by molar-refractivity contribution is 7.90. The number of aromatic nitrogens is 3. The maximum atomic E-state index is 12.5. The molecule has 1 N–H and O–H groups in total. The number of likely N-dealkylation sites (tertiary alicyclic amines) is 1. The van der Waals surface area contributed by atoms with Crippen LogP contribution in [0.4, 0.5) is 0 Å². The predicted molar refractivity (Wildman–Crippen MR) is 118 cm³/mol. The normalized spacial score (nSPS) is 17.5. The highest BCUT2D eigenvalue weighted by Crippen LogP contribution is 2.25. The number of aromatic amines is 1. The van der Waals surface area contributed by atoms with E-state index in [1.807, 2.05) is 12.1 Å². The lowest BCUT2D eigenvalue weighted by atomic mass is 9.97. The van der Waals surface area contributed by atoms with Crippen LogP contribution in [0.15, 0.2) is 58.2 Å². The second-order valence-corrected chi connectivity index (χ2v) is 9.93. The summed E-state index contributed by atoms with van der Waals surface area (Å²) in [4.78, 5) is 18.0. The fraction of sp³-hybridized carbons (Fsp3) is 0.364. The molecule has 1 saturated heterocycles. The molecule has 0 spiro atoms. The zero-order chi connectivity index (χ0) is 22.0. The number of ether oxygens (including phenoxy) is 1. The first-order chi connectivity index (χ1) is 14.8. The number of H-pyrrole nitrogens is 1. The van der Waals surface area contributed by atoms with E-state index in [9.17, 15) is 13.2 Å². The summed E-state index contributed by atoms with van der Waals surface area (Å²) in [6.45, 7) is 2.46. The molecule has 164 valence electrons. The summed E-state index contributed by atoms with van der Waals surface area (Å²) in [5.41, 5.74) is 1.49. The molecule has 0 bridgehead atoms. The van der Waals surface area contributed by atoms with Crippen molar-refractivity contribution in [1.82, 2.24) is 19.7 Å². The Morgan fingerprint density at radius 1 is 1.13 bits per heavy atom. The number of nitrogens with one attached hydrogen (secondary N) is 1. The van der Waals surface area contributed by atoms with Gasteiger partial charge in [-0.05, 0) is 61.3 Å². The van der Waals surface area contributed by atoms with Crippen LogP contribution in [0.5, 0.6) is 5.75 Å². The predicted octanol–water partition coefficient (Wildman–Crippen LogP) is 2.35. The number of sulfone groups is 1. The molecule has 31 heavy (non-hydrogen) atoms. The second-order valence-electron chi connectivity index (χ2n) is 7.92. The van der Waals surface area contributed by atoms with Crippen molar-refractivity contribution < 1.29 is 13.2 Å². The molecule has 1 atom stereocenters. The summed E-state index contributed by atoms with van der Waals surface area (Å²) in [5.74, 6) is 1.55. The molecule has 2 aromatic carbocycles. The quantitative estimate of drug-likeness (QED) is 0.629. The standard InChI is InChI=1S/C22H26N4O4S/c1-30-19-9-7-18(8-10-19)26-22(27)23-21(24-26)17-4-3-13-25(15-17)14-16-5-11-20(12-6-16)31(2,28)29/h5-12,17H,3-4,13-15H2,1-2H3,(H,23,24,27). The second kappa shape index (κ2) is 8.68. The Balaban J connectivity index is 1.46. The molecular formula is C22H26N4O4S. The van der Waals surface area contributed by atoms with Gasteiger partial charge >= 0.3 is 5.69 Å². The summed E-state index contributed by atoms with van der Waals surface area (Å²) < 4.78 is 29.8. The Morgan fingerprint density at radius 2 is 1.84 bits per heavy atom. The van der Waals surface area contributed by atoms with E-state index >= 15 is 0 Å². The molecule has 9 heteroatoms. The Bertz CT molecular complexity index is 1200. The molecule has 0 aliphatic carbocycles. The van der Waals surface area contributed by atoms with Crippen molar-refractivity contribution >= 4 is 9.84 Å². The Labute approximate surface area is 181 Å². The van der Waals surface area contributed by atoms with Gasteiger partial charge in [-0.15, -0.1) is 5.10 Å². The van der Waals surface area contributed by atoms with Crippen molar-refractivity contribution in [3.8, 4) is 11.4 Å². The number of piperidine rings is 1. The summed E-state index contributed by atoms with van der Waals surface area (Å²) in [5, 5.41) is 4.55. The third kappa shape index (κ3) is 4.88. The zero-order valence-corrected chi connectivity index (χ0v) is 18.4. The van der Waals surface area contributed by atoms with E-state index in [0.717, 1.165) is 43.8 Å². The van der Waals surface area contributed by atoms with E-state index < -0.39 is 9.84 Å². The van der Waals surface area contributed by atoms with E-state index in [-0.39, 0.29) is 11.6 Å². The van der Waals surface area contributed by atoms with E-state index in [1.54, 1.807) is 43.5 Å². The van der Waals surface area contributed by atoms with Crippen molar-refractivity contribution in [1.29, 1.82) is 0 Å². The van der Waals surface area contributed by atoms with Gasteiger partial charge in [-0.1, -0.05) is 12.1 Å². The van der Waals surface area contributed by atoms with Gasteiger partial charge in [0.25, 0.3) is 0 Å². The average molecular weight is 443 g/mol. The molecular weight excluding hydrogens is 416 g/mol. The van der Waals surface area contributed by atoms with Crippen LogP contribution in [-0.2, 0) is 16.4 Å². The number of benzene rings is 2. The molecule has 2 heterocycles. The van der Waals surface area contributed by atoms with Crippen LogP contribution in [0.2, 0.25) is 0 Å². The van der Waals surface area contributed by atoms with Crippen LogP contribution < -0.4 is 10.4 Å². The van der Waals surface area contributed by atoms with Crippen LogP contribution in [0.1, 0.15) is 30.1 Å². The Hall–Kier alpha value is -2.91. The molecule has 1 aromatic heterocycles. The van der Waals surface area contributed by atoms with E-state index in [1.165, 1.54) is 10.9 Å². The van der Waals surface area contributed by atoms with Gasteiger partial charge in [0.15, 0.2) is 9.84 Å². The van der Waals surface area contributed by atoms with E-state index in [0.29, 0.717) is 16.4 Å². The lowest BCUT2D eigenvalue weighted by molar-refractivity contribution is 0.196. The molecule has 0 saturated carbocycles. The third-order valence-electron chi connectivity index (χ3n) is 5.60. The summed E-state index contributed by atoms with van der Waals surface area (Å²) in [6.07, 6.45) is 3.17. The number of rotatable bonds is 6. The van der Waals surface area contributed by atoms with Gasteiger partial charge in [-0.3, -0.25) is 9.88 Å². The molecule has 1 unspecified atom stereocenters. The van der Waals surface area contributed by atoms with Gasteiger partial charge in [0, 0.05) is 25.3 Å². The van der Waals surface area contributed by atoms with Crippen molar-refractivity contribution in [2.24, 2.45) is 0 Å². The molecule has 4 rings (SSSR count). The number of nitrogens with zero attached hydrogens (tertiary/aromatic N) is 3. The van der Waals surface area contributed by atoms with Gasteiger partial charge < -0.3 is 4.74 Å². The highest BCUT2D eigenvalue weighted by atomic mass is 32.2. The lowest BCUT2D eigenvalue weighted by Crippen LogP contribution is -2.34. The van der Waals surface area contributed by atoms with Gasteiger partial charge in [0.05, 0.1) is 17.7 Å². The van der Waals surface area contributed by atoms with E-state index in [4.69, 9.17) is 4.74 Å². The summed E-state index contributed by atoms with van der Waals surface area (Å²) >= 11 is 0. The van der Waals surface area contributed by atoms with E-state index in [2.05, 4.69) is 15.0 Å². The minimum atomic E-state index is -3.19. The van der Waals surface area contributed by atoms with Gasteiger partial charge in [0.1, 0.15) is 11.6 Å². The van der Waals surface area contributed by atoms with Crippen LogP contribution >= 0.6 is 0 Å². The van der Waals surface area contributed by atoms with Crippen molar-refractivity contribution in [3.63, 3.8) is 0 Å². The minimum Gasteiger partial charge on any atom is -0.497 e. The monoisotopic (exact) mass is 442 g/mol. The van der Waals surface area contributed by atoms with Crippen molar-refractivity contribution in [2.75, 3.05) is 26.5 Å². The molecule has 0 amide bonds. The number of methoxy groups -OCH3 is 1. The minimum absolute atomic E-state index is 0.135. The fourth-order valence-electron chi connectivity index (χ4n) is 3.95. The van der Waals surface area contributed by atoms with Gasteiger partial charge in [-0.2, -0.15) is 4.68 Å². The van der Waals surface area contributed by atoms with Crippen LogP contribution in [-0.4, -0.2) is 54.5 Å². The van der Waals surface area contributed by atoms with Crippen LogP contribution in [0.3, 0.4) is 0 Å². The largest absolute Gasteiger partial charge is 0.497 e. The van der Waals surface area contributed by atoms with Gasteiger partial charge in [0.2, 0.25) is 0 Å². The molecule has 1 aliphatic heterocycles. The van der Waals surface area contributed by atoms with Gasteiger partial charge in [-0.25, -0.2) is 13.2 Å². The third-order valence-corrected chi connectivity index (χ3v) is 6.73. The van der Waals surface area contributed by atoms with Crippen molar-refractivity contribution in [2.45, 2.75) is 30.2 Å². The summed E-state index contributed by atoms with van der Waals surface area (Å²) in [6, 6.07) is 14.2. The first-order valence-electron chi connectivity index (χ1n) is 10.2. The Morgan fingerprint density at radius 3 is 2.48 bits per heavy atom. The number of hydrogen-bond donors (Lipinski definition) is 1. The fourth-order valence-corrected chi connectivity index (χ4v) is 4.58.